The zero-order valence-corrected chi connectivity index (χ0v) is 14.9. The fourth-order valence-electron chi connectivity index (χ4n) is 3.34. The number of allylic oxidation sites excluding steroid dienone is 1. The van der Waals surface area contributed by atoms with Crippen LogP contribution < -0.4 is 5.32 Å². The van der Waals surface area contributed by atoms with Crippen molar-refractivity contribution >= 4 is 23.3 Å². The number of nitrogens with one attached hydrogen (secondary N) is 1. The molecule has 8 heteroatoms. The number of nitrogens with zero attached hydrogens (tertiary/aromatic N) is 1. The highest BCUT2D eigenvalue weighted by atomic mass is 35.5. The monoisotopic (exact) mass is 398 g/mol. The fraction of sp³-hybridized carbons (Fsp3) is 0.211. The average molecular weight is 399 g/mol. The molecule has 2 amide bonds. The van der Waals surface area contributed by atoms with Gasteiger partial charge in [-0.1, -0.05) is 35.9 Å². The van der Waals surface area contributed by atoms with Crippen LogP contribution in [-0.2, 0) is 5.54 Å². The van der Waals surface area contributed by atoms with Crippen molar-refractivity contribution in [2.75, 3.05) is 11.9 Å². The van der Waals surface area contributed by atoms with Crippen molar-refractivity contribution in [2.24, 2.45) is 0 Å². The molecule has 1 unspecified atom stereocenters. The Bertz CT molecular complexity index is 896. The Balaban J connectivity index is 2.36. The summed E-state index contributed by atoms with van der Waals surface area (Å²) >= 11 is 6.10. The van der Waals surface area contributed by atoms with Gasteiger partial charge in [0.1, 0.15) is 17.9 Å². The second-order valence-electron chi connectivity index (χ2n) is 6.09. The Morgan fingerprint density at radius 2 is 1.85 bits per heavy atom. The zero-order chi connectivity index (χ0) is 19.8. The lowest BCUT2D eigenvalue weighted by atomic mass is 9.78. The fourth-order valence-corrected chi connectivity index (χ4v) is 3.51. The van der Waals surface area contributed by atoms with E-state index in [0.29, 0.717) is 26.7 Å². The van der Waals surface area contributed by atoms with Crippen molar-refractivity contribution in [3.05, 3.63) is 76.6 Å². The molecule has 0 spiro atoms. The summed E-state index contributed by atoms with van der Waals surface area (Å²) in [6, 6.07) is 8.66. The standard InChI is InChI=1S/C19H15ClF4N2O/c1-2-9-18(12-3-6-14(21)7-4-12)15-10-13(20)5-8-16(15)25-17(27)26(18)11-19(22,23)24/h2-10H,11H2,1H3,(H,25,27). The first-order chi connectivity index (χ1) is 12.7. The van der Waals surface area contributed by atoms with Crippen LogP contribution >= 0.6 is 11.6 Å². The molecule has 0 saturated carbocycles. The summed E-state index contributed by atoms with van der Waals surface area (Å²) in [4.78, 5) is 13.3. The molecule has 1 heterocycles. The number of alkyl halides is 3. The van der Waals surface area contributed by atoms with Crippen LogP contribution in [0.1, 0.15) is 18.1 Å². The van der Waals surface area contributed by atoms with Gasteiger partial charge in [0.05, 0.1) is 0 Å². The molecular weight excluding hydrogens is 384 g/mol. The van der Waals surface area contributed by atoms with E-state index in [1.54, 1.807) is 13.0 Å². The number of fused-ring (bicyclic) bond motifs is 1. The van der Waals surface area contributed by atoms with E-state index in [-0.39, 0.29) is 0 Å². The third-order valence-corrected chi connectivity index (χ3v) is 4.57. The summed E-state index contributed by atoms with van der Waals surface area (Å²) < 4.78 is 53.4. The minimum atomic E-state index is -4.64. The SMILES string of the molecule is CC=CC1(c2ccc(F)cc2)c2cc(Cl)ccc2NC(=O)N1CC(F)(F)F. The van der Waals surface area contributed by atoms with Gasteiger partial charge < -0.3 is 5.32 Å². The third kappa shape index (κ3) is 3.51. The van der Waals surface area contributed by atoms with E-state index in [1.807, 2.05) is 0 Å². The summed E-state index contributed by atoms with van der Waals surface area (Å²) in [7, 11) is 0. The number of carbonyl (C=O) groups is 1. The normalized spacial score (nSPS) is 19.9. The number of carbonyl (C=O) groups excluding carboxylic acids is 1. The van der Waals surface area contributed by atoms with Crippen LogP contribution in [0.15, 0.2) is 54.6 Å². The van der Waals surface area contributed by atoms with Crippen LogP contribution in [0, 0.1) is 5.82 Å². The molecule has 1 atom stereocenters. The molecule has 0 saturated heterocycles. The minimum Gasteiger partial charge on any atom is -0.307 e. The second-order valence-corrected chi connectivity index (χ2v) is 6.53. The third-order valence-electron chi connectivity index (χ3n) is 4.33. The Kier molecular flexibility index (Phi) is 4.90. The number of rotatable bonds is 3. The smallest absolute Gasteiger partial charge is 0.307 e. The van der Waals surface area contributed by atoms with E-state index in [4.69, 9.17) is 11.6 Å². The van der Waals surface area contributed by atoms with Gasteiger partial charge in [-0.3, -0.25) is 4.90 Å². The van der Waals surface area contributed by atoms with E-state index in [9.17, 15) is 22.4 Å². The van der Waals surface area contributed by atoms with Gasteiger partial charge in [-0.05, 0) is 42.8 Å². The molecule has 1 aliphatic rings. The first kappa shape index (κ1) is 19.2. The summed E-state index contributed by atoms with van der Waals surface area (Å²) in [5.41, 5.74) is -0.584. The van der Waals surface area contributed by atoms with Crippen molar-refractivity contribution in [1.29, 1.82) is 0 Å². The lowest BCUT2D eigenvalue weighted by Crippen LogP contribution is -2.57. The number of halogens is 5. The molecular formula is C19H15ClF4N2O. The number of hydrogen-bond donors (Lipinski definition) is 1. The molecule has 142 valence electrons. The van der Waals surface area contributed by atoms with Crippen LogP contribution in [0.2, 0.25) is 5.02 Å². The minimum absolute atomic E-state index is 0.299. The predicted molar refractivity (Wildman–Crippen MR) is 95.2 cm³/mol. The van der Waals surface area contributed by atoms with Crippen molar-refractivity contribution in [1.82, 2.24) is 4.90 Å². The molecule has 3 rings (SSSR count). The number of hydrogen-bond acceptors (Lipinski definition) is 1. The molecule has 0 aliphatic carbocycles. The lowest BCUT2D eigenvalue weighted by molar-refractivity contribution is -0.146. The molecule has 0 radical (unpaired) electrons. The van der Waals surface area contributed by atoms with Crippen LogP contribution in [0.3, 0.4) is 0 Å². The Labute approximate surface area is 158 Å². The molecule has 0 fully saturated rings. The van der Waals surface area contributed by atoms with Crippen molar-refractivity contribution in [3.63, 3.8) is 0 Å². The van der Waals surface area contributed by atoms with Crippen LogP contribution in [0.4, 0.5) is 28.0 Å². The highest BCUT2D eigenvalue weighted by Gasteiger charge is 2.50. The predicted octanol–water partition coefficient (Wildman–Crippen LogP) is 5.71. The highest BCUT2D eigenvalue weighted by molar-refractivity contribution is 6.30. The summed E-state index contributed by atoms with van der Waals surface area (Å²) in [5, 5.41) is 2.77. The second kappa shape index (κ2) is 6.88. The molecule has 27 heavy (non-hydrogen) atoms. The molecule has 1 aliphatic heterocycles. The van der Waals surface area contributed by atoms with Crippen LogP contribution in [0.5, 0.6) is 0 Å². The molecule has 0 bridgehead atoms. The summed E-state index contributed by atoms with van der Waals surface area (Å²) in [6.45, 7) is 0.139. The molecule has 0 aromatic heterocycles. The largest absolute Gasteiger partial charge is 0.406 e. The highest BCUT2D eigenvalue weighted by Crippen LogP contribution is 2.46. The number of urea groups is 1. The number of anilines is 1. The Morgan fingerprint density at radius 3 is 2.44 bits per heavy atom. The quantitative estimate of drug-likeness (QED) is 0.521. The van der Waals surface area contributed by atoms with Crippen LogP contribution in [-0.4, -0.2) is 23.7 Å². The topological polar surface area (TPSA) is 32.3 Å². The van der Waals surface area contributed by atoms with Crippen molar-refractivity contribution < 1.29 is 22.4 Å². The number of benzene rings is 2. The maximum absolute atomic E-state index is 13.5. The molecule has 2 aromatic carbocycles. The van der Waals surface area contributed by atoms with Crippen LogP contribution in [0.25, 0.3) is 0 Å². The maximum atomic E-state index is 13.5. The van der Waals surface area contributed by atoms with E-state index in [2.05, 4.69) is 5.32 Å². The van der Waals surface area contributed by atoms with Gasteiger partial charge in [0.25, 0.3) is 0 Å². The van der Waals surface area contributed by atoms with E-state index in [0.717, 1.165) is 12.1 Å². The first-order valence-corrected chi connectivity index (χ1v) is 8.40. The Morgan fingerprint density at radius 1 is 1.19 bits per heavy atom. The first-order valence-electron chi connectivity index (χ1n) is 8.02. The van der Waals surface area contributed by atoms with Gasteiger partial charge in [-0.2, -0.15) is 13.2 Å². The Hall–Kier alpha value is -2.54. The maximum Gasteiger partial charge on any atom is 0.406 e. The van der Waals surface area contributed by atoms with Gasteiger partial charge in [0, 0.05) is 16.3 Å². The molecule has 1 N–H and O–H groups in total. The van der Waals surface area contributed by atoms with E-state index < -0.39 is 30.1 Å². The van der Waals surface area contributed by atoms with E-state index >= 15 is 0 Å². The summed E-state index contributed by atoms with van der Waals surface area (Å²) in [5.74, 6) is -0.539. The zero-order valence-electron chi connectivity index (χ0n) is 14.1. The van der Waals surface area contributed by atoms with Crippen molar-refractivity contribution in [2.45, 2.75) is 18.6 Å². The molecule has 3 nitrogen and oxygen atoms in total. The van der Waals surface area contributed by atoms with Crippen molar-refractivity contribution in [3.8, 4) is 0 Å². The number of amides is 2. The van der Waals surface area contributed by atoms with Gasteiger partial charge in [0.15, 0.2) is 0 Å². The lowest BCUT2D eigenvalue weighted by Gasteiger charge is -2.47. The van der Waals surface area contributed by atoms with Gasteiger partial charge >= 0.3 is 12.2 Å². The molecule has 2 aromatic rings. The van der Waals surface area contributed by atoms with Gasteiger partial charge in [0.2, 0.25) is 0 Å². The van der Waals surface area contributed by atoms with Gasteiger partial charge in [-0.25, -0.2) is 9.18 Å². The van der Waals surface area contributed by atoms with Gasteiger partial charge in [-0.15, -0.1) is 0 Å². The van der Waals surface area contributed by atoms with E-state index in [1.165, 1.54) is 36.4 Å². The average Bonchev–Trinajstić information content (AvgIpc) is 2.58. The summed E-state index contributed by atoms with van der Waals surface area (Å²) in [6.07, 6.45) is -1.60.